The average molecular weight is 391 g/mol. The van der Waals surface area contributed by atoms with E-state index in [1.165, 1.54) is 0 Å². The lowest BCUT2D eigenvalue weighted by Gasteiger charge is -2.34. The average Bonchev–Trinajstić information content (AvgIpc) is 2.64. The van der Waals surface area contributed by atoms with Crippen LogP contribution in [0.3, 0.4) is 0 Å². The number of ether oxygens (including phenoxy) is 2. The largest absolute Gasteiger partial charge is 0.484 e. The molecule has 0 bridgehead atoms. The van der Waals surface area contributed by atoms with Gasteiger partial charge in [-0.3, -0.25) is 9.59 Å². The molecule has 1 aliphatic heterocycles. The number of carbonyl (C=O) groups excluding carboxylic acids is 3. The Balaban J connectivity index is 1.69. The first kappa shape index (κ1) is 21.5. The van der Waals surface area contributed by atoms with Crippen molar-refractivity contribution in [1.29, 1.82) is 0 Å². The summed E-state index contributed by atoms with van der Waals surface area (Å²) in [6.07, 6.45) is -0.622. The van der Waals surface area contributed by atoms with E-state index in [0.29, 0.717) is 31.9 Å². The van der Waals surface area contributed by atoms with Gasteiger partial charge in [-0.05, 0) is 39.8 Å². The van der Waals surface area contributed by atoms with Crippen LogP contribution in [0.5, 0.6) is 5.75 Å². The minimum atomic E-state index is -0.622. The van der Waals surface area contributed by atoms with Crippen LogP contribution in [0.15, 0.2) is 24.3 Å². The van der Waals surface area contributed by atoms with Gasteiger partial charge in [0.2, 0.25) is 5.91 Å². The molecular weight excluding hydrogens is 362 g/mol. The quantitative estimate of drug-likeness (QED) is 0.823. The molecule has 3 amide bonds. The predicted molar refractivity (Wildman–Crippen MR) is 104 cm³/mol. The van der Waals surface area contributed by atoms with E-state index in [1.54, 1.807) is 30.6 Å². The Morgan fingerprint density at radius 3 is 2.04 bits per heavy atom. The van der Waals surface area contributed by atoms with Crippen LogP contribution in [-0.4, -0.2) is 72.6 Å². The number of nitrogens with one attached hydrogen (secondary N) is 1. The molecule has 0 spiro atoms. The second-order valence-electron chi connectivity index (χ2n) is 7.72. The zero-order valence-electron chi connectivity index (χ0n) is 17.0. The summed E-state index contributed by atoms with van der Waals surface area (Å²) in [7, 11) is 0. The van der Waals surface area contributed by atoms with Crippen molar-refractivity contribution in [3.63, 3.8) is 0 Å². The van der Waals surface area contributed by atoms with Gasteiger partial charge in [-0.2, -0.15) is 0 Å². The van der Waals surface area contributed by atoms with Crippen LogP contribution >= 0.6 is 0 Å². The summed E-state index contributed by atoms with van der Waals surface area (Å²) in [5, 5.41) is 2.46. The number of carbonyl (C=O) groups is 3. The van der Waals surface area contributed by atoms with E-state index in [1.807, 2.05) is 31.2 Å². The highest BCUT2D eigenvalue weighted by atomic mass is 16.6. The number of piperazine rings is 1. The Morgan fingerprint density at radius 2 is 1.50 bits per heavy atom. The van der Waals surface area contributed by atoms with E-state index in [0.717, 1.165) is 5.56 Å². The lowest BCUT2D eigenvalue weighted by molar-refractivity contribution is -0.140. The highest BCUT2D eigenvalue weighted by molar-refractivity contribution is 5.83. The van der Waals surface area contributed by atoms with E-state index in [2.05, 4.69) is 5.32 Å². The zero-order valence-corrected chi connectivity index (χ0v) is 17.0. The Labute approximate surface area is 165 Å². The molecular formula is C20H29N3O5. The first-order valence-corrected chi connectivity index (χ1v) is 9.36. The Bertz CT molecular complexity index is 689. The molecule has 28 heavy (non-hydrogen) atoms. The second kappa shape index (κ2) is 9.43. The summed E-state index contributed by atoms with van der Waals surface area (Å²) in [5.41, 5.74) is 0.514. The van der Waals surface area contributed by atoms with Crippen molar-refractivity contribution in [3.05, 3.63) is 29.8 Å². The second-order valence-corrected chi connectivity index (χ2v) is 7.72. The molecule has 2 rings (SSSR count). The van der Waals surface area contributed by atoms with Gasteiger partial charge in [0.05, 0.1) is 0 Å². The highest BCUT2D eigenvalue weighted by Gasteiger charge is 2.25. The van der Waals surface area contributed by atoms with Crippen molar-refractivity contribution >= 4 is 17.9 Å². The lowest BCUT2D eigenvalue weighted by atomic mass is 10.2. The van der Waals surface area contributed by atoms with Crippen LogP contribution in [0, 0.1) is 6.92 Å². The molecule has 1 fully saturated rings. The topological polar surface area (TPSA) is 88.2 Å². The molecule has 0 radical (unpaired) electrons. The summed E-state index contributed by atoms with van der Waals surface area (Å²) in [5.74, 6) is 0.342. The van der Waals surface area contributed by atoms with Crippen LogP contribution in [0.2, 0.25) is 0 Å². The molecule has 1 N–H and O–H groups in total. The molecule has 0 aromatic heterocycles. The Morgan fingerprint density at radius 1 is 0.964 bits per heavy atom. The maximum atomic E-state index is 12.3. The number of hydrogen-bond acceptors (Lipinski definition) is 5. The molecule has 8 nitrogen and oxygen atoms in total. The zero-order chi connectivity index (χ0) is 20.7. The van der Waals surface area contributed by atoms with E-state index >= 15 is 0 Å². The monoisotopic (exact) mass is 391 g/mol. The summed E-state index contributed by atoms with van der Waals surface area (Å²) in [4.78, 5) is 39.4. The maximum absolute atomic E-state index is 12.3. The molecule has 1 heterocycles. The summed E-state index contributed by atoms with van der Waals surface area (Å²) in [6.45, 7) is 8.82. The SMILES string of the molecule is Cc1ccc(OCC(=O)N2CCN(C(=O)CNC(=O)OC(C)(C)C)CC2)cc1. The van der Waals surface area contributed by atoms with E-state index in [9.17, 15) is 14.4 Å². The van der Waals surface area contributed by atoms with Gasteiger partial charge in [0, 0.05) is 26.2 Å². The lowest BCUT2D eigenvalue weighted by Crippen LogP contribution is -2.53. The molecule has 1 saturated heterocycles. The minimum Gasteiger partial charge on any atom is -0.484 e. The van der Waals surface area contributed by atoms with Crippen LogP contribution in [0.4, 0.5) is 4.79 Å². The third kappa shape index (κ3) is 7.09. The Hall–Kier alpha value is -2.77. The molecule has 1 aromatic rings. The fourth-order valence-corrected chi connectivity index (χ4v) is 2.65. The highest BCUT2D eigenvalue weighted by Crippen LogP contribution is 2.12. The van der Waals surface area contributed by atoms with Gasteiger partial charge in [0.1, 0.15) is 17.9 Å². The number of alkyl carbamates (subject to hydrolysis) is 1. The van der Waals surface area contributed by atoms with Crippen molar-refractivity contribution in [1.82, 2.24) is 15.1 Å². The molecule has 0 unspecified atom stereocenters. The van der Waals surface area contributed by atoms with E-state index in [4.69, 9.17) is 9.47 Å². The number of benzene rings is 1. The van der Waals surface area contributed by atoms with Gasteiger partial charge in [-0.1, -0.05) is 17.7 Å². The van der Waals surface area contributed by atoms with Crippen molar-refractivity contribution in [2.75, 3.05) is 39.3 Å². The number of aryl methyl sites for hydroxylation is 1. The van der Waals surface area contributed by atoms with Crippen molar-refractivity contribution in [2.45, 2.75) is 33.3 Å². The first-order valence-electron chi connectivity index (χ1n) is 9.36. The maximum Gasteiger partial charge on any atom is 0.408 e. The van der Waals surface area contributed by atoms with Gasteiger partial charge >= 0.3 is 6.09 Å². The molecule has 154 valence electrons. The van der Waals surface area contributed by atoms with Crippen LogP contribution in [0.25, 0.3) is 0 Å². The number of amides is 3. The van der Waals surface area contributed by atoms with Crippen molar-refractivity contribution in [2.24, 2.45) is 0 Å². The van der Waals surface area contributed by atoms with Crippen molar-refractivity contribution in [3.8, 4) is 5.75 Å². The van der Waals surface area contributed by atoms with E-state index in [-0.39, 0.29) is 25.0 Å². The van der Waals surface area contributed by atoms with Gasteiger partial charge in [0.25, 0.3) is 5.91 Å². The van der Waals surface area contributed by atoms with Gasteiger partial charge in [0.15, 0.2) is 6.61 Å². The molecule has 8 heteroatoms. The number of rotatable bonds is 5. The fourth-order valence-electron chi connectivity index (χ4n) is 2.65. The van der Waals surface area contributed by atoms with E-state index < -0.39 is 11.7 Å². The smallest absolute Gasteiger partial charge is 0.408 e. The van der Waals surface area contributed by atoms with Crippen LogP contribution in [-0.2, 0) is 14.3 Å². The molecule has 1 aliphatic rings. The molecule has 0 aliphatic carbocycles. The number of hydrogen-bond donors (Lipinski definition) is 1. The fraction of sp³-hybridized carbons (Fsp3) is 0.550. The normalized spacial score (nSPS) is 14.4. The summed E-state index contributed by atoms with van der Waals surface area (Å²) in [6, 6.07) is 7.51. The third-order valence-corrected chi connectivity index (χ3v) is 4.15. The first-order chi connectivity index (χ1) is 13.1. The predicted octanol–water partition coefficient (Wildman–Crippen LogP) is 1.57. The van der Waals surface area contributed by atoms with Gasteiger partial charge in [-0.15, -0.1) is 0 Å². The molecule has 0 saturated carbocycles. The van der Waals surface area contributed by atoms with Gasteiger partial charge < -0.3 is 24.6 Å². The molecule has 1 aromatic carbocycles. The Kier molecular flexibility index (Phi) is 7.25. The summed E-state index contributed by atoms with van der Waals surface area (Å²) >= 11 is 0. The third-order valence-electron chi connectivity index (χ3n) is 4.15. The number of nitrogens with zero attached hydrogens (tertiary/aromatic N) is 2. The van der Waals surface area contributed by atoms with Crippen LogP contribution < -0.4 is 10.1 Å². The van der Waals surface area contributed by atoms with Gasteiger partial charge in [-0.25, -0.2) is 4.79 Å². The van der Waals surface area contributed by atoms with Crippen molar-refractivity contribution < 1.29 is 23.9 Å². The standard InChI is InChI=1S/C20H29N3O5/c1-15-5-7-16(8-6-15)27-14-18(25)23-11-9-22(10-12-23)17(24)13-21-19(26)28-20(2,3)4/h5-8H,9-14H2,1-4H3,(H,21,26). The molecule has 0 atom stereocenters. The van der Waals surface area contributed by atoms with Crippen LogP contribution in [0.1, 0.15) is 26.3 Å². The minimum absolute atomic E-state index is 0.0305. The summed E-state index contributed by atoms with van der Waals surface area (Å²) < 4.78 is 10.6.